The molecule has 1 aliphatic rings. The molecule has 0 unspecified atom stereocenters. The van der Waals surface area contributed by atoms with Crippen LogP contribution in [0.5, 0.6) is 5.75 Å². The molecule has 0 saturated carbocycles. The number of aromatic hydroxyl groups is 1. The van der Waals surface area contributed by atoms with E-state index in [-0.39, 0.29) is 5.75 Å². The van der Waals surface area contributed by atoms with E-state index in [2.05, 4.69) is 15.2 Å². The van der Waals surface area contributed by atoms with Crippen LogP contribution in [0, 0.1) is 0 Å². The van der Waals surface area contributed by atoms with Gasteiger partial charge in [-0.05, 0) is 68.4 Å². The maximum Gasteiger partial charge on any atom is 0.339 e. The minimum absolute atomic E-state index is 0.275. The Hall–Kier alpha value is -3.42. The molecular weight excluding hydrogens is 452 g/mol. The average molecular weight is 477 g/mol. The average Bonchev–Trinajstić information content (AvgIpc) is 2.86. The summed E-state index contributed by atoms with van der Waals surface area (Å²) in [6.07, 6.45) is 5.13. The molecule has 0 atom stereocenters. The zero-order valence-electron chi connectivity index (χ0n) is 18.8. The number of nitrogens with one attached hydrogen (secondary N) is 1. The number of benzene rings is 2. The zero-order valence-corrected chi connectivity index (χ0v) is 19.6. The molecule has 4 aromatic rings. The third-order valence-electron chi connectivity index (χ3n) is 6.19. The highest BCUT2D eigenvalue weighted by Crippen LogP contribution is 2.33. The van der Waals surface area contributed by atoms with Crippen LogP contribution in [0.2, 0.25) is 5.02 Å². The predicted octanol–water partition coefficient (Wildman–Crippen LogP) is 5.66. The molecule has 5 rings (SSSR count). The van der Waals surface area contributed by atoms with Crippen LogP contribution in [-0.2, 0) is 11.3 Å². The van der Waals surface area contributed by atoms with Gasteiger partial charge in [-0.1, -0.05) is 18.0 Å². The Morgan fingerprint density at radius 3 is 2.74 bits per heavy atom. The molecule has 0 aliphatic carbocycles. The fraction of sp³-hybridized carbons (Fsp3) is 0.269. The van der Waals surface area contributed by atoms with E-state index in [1.54, 1.807) is 18.2 Å². The smallest absolute Gasteiger partial charge is 0.339 e. The Morgan fingerprint density at radius 2 is 1.94 bits per heavy atom. The summed E-state index contributed by atoms with van der Waals surface area (Å²) >= 11 is 6.23. The van der Waals surface area contributed by atoms with Crippen LogP contribution >= 0.6 is 11.6 Å². The maximum atomic E-state index is 12.2. The molecule has 0 spiro atoms. The first kappa shape index (κ1) is 22.4. The molecule has 0 bridgehead atoms. The largest absolute Gasteiger partial charge is 0.508 e. The molecular formula is C26H25ClN4O3. The number of piperidine rings is 1. The molecule has 0 radical (unpaired) electrons. The normalized spacial score (nSPS) is 14.4. The summed E-state index contributed by atoms with van der Waals surface area (Å²) in [5, 5.41) is 15.9. The van der Waals surface area contributed by atoms with E-state index in [0.717, 1.165) is 35.2 Å². The van der Waals surface area contributed by atoms with Crippen LogP contribution in [0.4, 0.5) is 11.5 Å². The van der Waals surface area contributed by atoms with Gasteiger partial charge in [0, 0.05) is 39.8 Å². The molecule has 7 nitrogen and oxygen atoms in total. The van der Waals surface area contributed by atoms with Gasteiger partial charge < -0.3 is 15.2 Å². The van der Waals surface area contributed by atoms with Crippen LogP contribution in [0.25, 0.3) is 21.8 Å². The molecule has 174 valence electrons. The van der Waals surface area contributed by atoms with Crippen molar-refractivity contribution in [3.8, 4) is 5.75 Å². The van der Waals surface area contributed by atoms with Gasteiger partial charge in [-0.25, -0.2) is 9.78 Å². The van der Waals surface area contributed by atoms with E-state index in [0.29, 0.717) is 33.9 Å². The second-order valence-electron chi connectivity index (χ2n) is 8.54. The minimum atomic E-state index is -0.472. The molecule has 2 N–H and O–H groups in total. The first-order chi connectivity index (χ1) is 16.5. The number of carbonyl (C=O) groups is 1. The lowest BCUT2D eigenvalue weighted by molar-refractivity contribution is 0.0600. The molecule has 2 aromatic heterocycles. The Balaban J connectivity index is 1.57. The number of phenolic OH excluding ortho intramolecular Hbond substituents is 1. The van der Waals surface area contributed by atoms with E-state index < -0.39 is 5.97 Å². The summed E-state index contributed by atoms with van der Waals surface area (Å²) in [5.74, 6) is 0.356. The topological polar surface area (TPSA) is 87.6 Å². The van der Waals surface area contributed by atoms with E-state index >= 15 is 0 Å². The Labute approximate surface area is 202 Å². The molecule has 8 heteroatoms. The highest BCUT2D eigenvalue weighted by atomic mass is 35.5. The number of ether oxygens (including phenoxy) is 1. The van der Waals surface area contributed by atoms with Crippen LogP contribution in [0.3, 0.4) is 0 Å². The Morgan fingerprint density at radius 1 is 1.12 bits per heavy atom. The molecule has 0 amide bonds. The van der Waals surface area contributed by atoms with Crippen molar-refractivity contribution in [2.24, 2.45) is 0 Å². The number of carbonyl (C=O) groups excluding carboxylic acids is 1. The molecule has 34 heavy (non-hydrogen) atoms. The monoisotopic (exact) mass is 476 g/mol. The number of likely N-dealkylation sites (tertiary alicyclic amines) is 1. The van der Waals surface area contributed by atoms with Crippen molar-refractivity contribution in [3.63, 3.8) is 0 Å². The lowest BCUT2D eigenvalue weighted by Gasteiger charge is -2.26. The quantitative estimate of drug-likeness (QED) is 0.218. The first-order valence-corrected chi connectivity index (χ1v) is 11.7. The van der Waals surface area contributed by atoms with E-state index in [1.165, 1.54) is 32.6 Å². The van der Waals surface area contributed by atoms with Crippen LogP contribution in [0.1, 0.15) is 35.2 Å². The number of anilines is 2. The summed E-state index contributed by atoms with van der Waals surface area (Å²) in [5.41, 5.74) is 3.38. The van der Waals surface area contributed by atoms with Crippen molar-refractivity contribution in [2.45, 2.75) is 25.8 Å². The lowest BCUT2D eigenvalue weighted by Crippen LogP contribution is -2.29. The molecule has 1 fully saturated rings. The zero-order chi connectivity index (χ0) is 23.7. The number of aromatic nitrogens is 2. The van der Waals surface area contributed by atoms with Crippen molar-refractivity contribution in [2.75, 3.05) is 25.5 Å². The minimum Gasteiger partial charge on any atom is -0.508 e. The third-order valence-corrected chi connectivity index (χ3v) is 6.43. The van der Waals surface area contributed by atoms with Gasteiger partial charge in [0.2, 0.25) is 0 Å². The highest BCUT2D eigenvalue weighted by molar-refractivity contribution is 6.31. The van der Waals surface area contributed by atoms with Gasteiger partial charge in [-0.2, -0.15) is 0 Å². The number of halogens is 1. The Kier molecular flexibility index (Phi) is 6.22. The van der Waals surface area contributed by atoms with Crippen molar-refractivity contribution in [3.05, 3.63) is 64.8 Å². The van der Waals surface area contributed by atoms with E-state index in [4.69, 9.17) is 21.3 Å². The number of phenols is 1. The SMILES string of the molecule is COC(=O)c1cnc2c(c1)c(Nc1ccc(O)c(CN3CCCCC3)c1)nc1ccc(Cl)cc12. The van der Waals surface area contributed by atoms with Crippen LogP contribution in [0.15, 0.2) is 48.7 Å². The number of hydrogen-bond acceptors (Lipinski definition) is 7. The number of rotatable bonds is 5. The fourth-order valence-electron chi connectivity index (χ4n) is 4.45. The summed E-state index contributed by atoms with van der Waals surface area (Å²) in [4.78, 5) is 23.9. The predicted molar refractivity (Wildman–Crippen MR) is 134 cm³/mol. The molecule has 1 saturated heterocycles. The van der Waals surface area contributed by atoms with Gasteiger partial charge in [0.15, 0.2) is 0 Å². The molecule has 3 heterocycles. The van der Waals surface area contributed by atoms with Gasteiger partial charge in [-0.3, -0.25) is 9.88 Å². The van der Waals surface area contributed by atoms with E-state index in [9.17, 15) is 9.90 Å². The van der Waals surface area contributed by atoms with Crippen LogP contribution < -0.4 is 5.32 Å². The van der Waals surface area contributed by atoms with E-state index in [1.807, 2.05) is 24.3 Å². The summed E-state index contributed by atoms with van der Waals surface area (Å²) in [6.45, 7) is 2.77. The summed E-state index contributed by atoms with van der Waals surface area (Å²) < 4.78 is 4.88. The summed E-state index contributed by atoms with van der Waals surface area (Å²) in [7, 11) is 1.34. The van der Waals surface area contributed by atoms with Gasteiger partial charge in [0.1, 0.15) is 11.6 Å². The number of esters is 1. The lowest BCUT2D eigenvalue weighted by atomic mass is 10.1. The maximum absolute atomic E-state index is 12.2. The van der Waals surface area contributed by atoms with Gasteiger partial charge in [0.25, 0.3) is 0 Å². The molecule has 1 aliphatic heterocycles. The highest BCUT2D eigenvalue weighted by Gasteiger charge is 2.16. The van der Waals surface area contributed by atoms with Crippen molar-refractivity contribution < 1.29 is 14.6 Å². The summed E-state index contributed by atoms with van der Waals surface area (Å²) in [6, 6.07) is 12.6. The number of hydrogen-bond donors (Lipinski definition) is 2. The number of methoxy groups -OCH3 is 1. The third kappa shape index (κ3) is 4.49. The first-order valence-electron chi connectivity index (χ1n) is 11.3. The standard InChI is InChI=1S/C26H25ClN4O3/c1-34-26(33)16-12-21-24(28-14-16)20-13-18(27)5-7-22(20)30-25(21)29-19-6-8-23(32)17(11-19)15-31-9-3-2-4-10-31/h5-8,11-14,32H,2-4,9-10,15H2,1H3,(H,29,30). The number of nitrogens with zero attached hydrogens (tertiary/aromatic N) is 3. The number of pyridine rings is 2. The van der Waals surface area contributed by atoms with Crippen molar-refractivity contribution >= 4 is 50.9 Å². The Bertz CT molecular complexity index is 1390. The van der Waals surface area contributed by atoms with Crippen molar-refractivity contribution in [1.82, 2.24) is 14.9 Å². The van der Waals surface area contributed by atoms with Crippen molar-refractivity contribution in [1.29, 1.82) is 0 Å². The fourth-order valence-corrected chi connectivity index (χ4v) is 4.62. The number of fused-ring (bicyclic) bond motifs is 3. The van der Waals surface area contributed by atoms with Gasteiger partial charge >= 0.3 is 5.97 Å². The second-order valence-corrected chi connectivity index (χ2v) is 8.98. The van der Waals surface area contributed by atoms with Gasteiger partial charge in [-0.15, -0.1) is 0 Å². The van der Waals surface area contributed by atoms with Crippen LogP contribution in [-0.4, -0.2) is 46.1 Å². The molecule has 2 aromatic carbocycles. The second kappa shape index (κ2) is 9.44. The van der Waals surface area contributed by atoms with Gasteiger partial charge in [0.05, 0.1) is 23.7 Å².